The maximum atomic E-state index is 12.8. The number of carboxylic acids is 1. The summed E-state index contributed by atoms with van der Waals surface area (Å²) in [5.74, 6) is -3.63. The molecule has 1 fully saturated rings. The zero-order valence-electron chi connectivity index (χ0n) is 27.5. The van der Waals surface area contributed by atoms with Crippen LogP contribution in [0.25, 0.3) is 0 Å². The number of nitrogens with two attached hydrogens (primary N) is 1. The fourth-order valence-corrected chi connectivity index (χ4v) is 5.21. The molecule has 0 aromatic rings. The van der Waals surface area contributed by atoms with E-state index in [9.17, 15) is 34.5 Å². The standard InChI is InChI=1S/C34H47Cl2NO11/c1-5-6-14-28(48-34(37)45)30(36)25(39)19-26(40)31(42)32(46-4)21(3)23(35)13-9-7-11-20(2)12-8-10-15-29(41)47-27-17-16-22(33(43)44)18-24(27)38/h6-15,21-22,24-25,27-28,30-32,38-39,42H,5,16-19H2,1-4H3,(H2,37,45)(H,43,44)/b9-7+,12-8+,14-6+,15-10+,20-11+,23-13-/t21?,22-,24+,25?,27-,28?,30?,31?,32?/m0/s1. The molecule has 1 rings (SSSR count). The van der Waals surface area contributed by atoms with Gasteiger partial charge in [0.1, 0.15) is 23.7 Å². The number of hydrogen-bond donors (Lipinski definition) is 5. The van der Waals surface area contributed by atoms with E-state index in [1.165, 1.54) is 25.3 Å². The second-order valence-electron chi connectivity index (χ2n) is 11.3. The number of amides is 1. The number of ketones is 1. The number of allylic oxidation sites excluding steroid dienone is 9. The Kier molecular flexibility index (Phi) is 19.9. The zero-order chi connectivity index (χ0) is 36.4. The quantitative estimate of drug-likeness (QED) is 0.0421. The van der Waals surface area contributed by atoms with Gasteiger partial charge in [-0.15, -0.1) is 11.6 Å². The number of alkyl halides is 1. The van der Waals surface area contributed by atoms with E-state index in [2.05, 4.69) is 0 Å². The van der Waals surface area contributed by atoms with E-state index < -0.39 is 84.1 Å². The topological polar surface area (TPSA) is 203 Å². The lowest BCUT2D eigenvalue weighted by Crippen LogP contribution is -2.43. The number of ether oxygens (including phenoxy) is 3. The third-order valence-corrected chi connectivity index (χ3v) is 8.56. The molecule has 0 heterocycles. The van der Waals surface area contributed by atoms with Crippen LogP contribution < -0.4 is 5.73 Å². The lowest BCUT2D eigenvalue weighted by molar-refractivity contribution is -0.157. The summed E-state index contributed by atoms with van der Waals surface area (Å²) in [6.07, 6.45) is 8.48. The third-order valence-electron chi connectivity index (χ3n) is 7.55. The van der Waals surface area contributed by atoms with E-state index in [-0.39, 0.29) is 17.9 Å². The largest absolute Gasteiger partial charge is 0.481 e. The number of carboxylic acid groups (broad SMARTS) is 1. The van der Waals surface area contributed by atoms with Crippen LogP contribution in [0.3, 0.4) is 0 Å². The van der Waals surface area contributed by atoms with Crippen molar-refractivity contribution in [3.8, 4) is 0 Å². The molecule has 1 aliphatic rings. The van der Waals surface area contributed by atoms with Crippen LogP contribution in [0.15, 0.2) is 71.4 Å². The van der Waals surface area contributed by atoms with Crippen molar-refractivity contribution in [3.63, 3.8) is 0 Å². The van der Waals surface area contributed by atoms with Crippen LogP contribution >= 0.6 is 23.2 Å². The smallest absolute Gasteiger partial charge is 0.405 e. The Morgan fingerprint density at radius 3 is 2.27 bits per heavy atom. The van der Waals surface area contributed by atoms with Crippen LogP contribution in [0.5, 0.6) is 0 Å². The molecule has 1 amide bonds. The maximum absolute atomic E-state index is 12.8. The summed E-state index contributed by atoms with van der Waals surface area (Å²) in [5.41, 5.74) is 5.90. The van der Waals surface area contributed by atoms with Gasteiger partial charge in [0.05, 0.1) is 24.2 Å². The monoisotopic (exact) mass is 715 g/mol. The van der Waals surface area contributed by atoms with Crippen LogP contribution in [0.1, 0.15) is 52.9 Å². The molecule has 1 aliphatic carbocycles. The van der Waals surface area contributed by atoms with Crippen molar-refractivity contribution >= 4 is 47.0 Å². The zero-order valence-corrected chi connectivity index (χ0v) is 29.0. The molecule has 14 heteroatoms. The molecule has 0 saturated heterocycles. The van der Waals surface area contributed by atoms with E-state index in [1.807, 2.05) is 13.8 Å². The number of aliphatic carboxylic acids is 1. The summed E-state index contributed by atoms with van der Waals surface area (Å²) in [7, 11) is 1.31. The number of aliphatic hydroxyl groups is 3. The second-order valence-corrected chi connectivity index (χ2v) is 12.3. The first kappa shape index (κ1) is 42.8. The Morgan fingerprint density at radius 2 is 1.69 bits per heavy atom. The SMILES string of the molecule is CC/C=C/C(OC(N)=O)C(Cl)C(O)CC(=O)C(O)C(OC)C(C)/C(Cl)=C/C=C/C=C(C)/C=C/C=C/C(=O)O[C@H]1CC[C@H](C(=O)O)C[C@H]1O. The molecule has 12 nitrogen and oxygen atoms in total. The highest BCUT2D eigenvalue weighted by Crippen LogP contribution is 2.27. The number of aliphatic hydroxyl groups excluding tert-OH is 3. The number of halogens is 2. The molecule has 0 spiro atoms. The molecule has 6 N–H and O–H groups in total. The average Bonchev–Trinajstić information content (AvgIpc) is 3.03. The first-order chi connectivity index (χ1) is 22.6. The van der Waals surface area contributed by atoms with E-state index >= 15 is 0 Å². The number of carbonyl (C=O) groups is 4. The van der Waals surface area contributed by atoms with Gasteiger partial charge in [-0.3, -0.25) is 9.59 Å². The molecule has 0 radical (unpaired) electrons. The lowest BCUT2D eigenvalue weighted by atomic mass is 9.85. The van der Waals surface area contributed by atoms with Crippen LogP contribution in [-0.4, -0.2) is 93.4 Å². The third kappa shape index (κ3) is 15.3. The molecule has 0 bridgehead atoms. The van der Waals surface area contributed by atoms with Crippen molar-refractivity contribution in [1.29, 1.82) is 0 Å². The van der Waals surface area contributed by atoms with Crippen LogP contribution in [0.2, 0.25) is 0 Å². The number of esters is 1. The number of primary amides is 1. The van der Waals surface area contributed by atoms with Crippen LogP contribution in [0, 0.1) is 11.8 Å². The molecule has 0 aromatic heterocycles. The summed E-state index contributed by atoms with van der Waals surface area (Å²) in [6, 6.07) is 0. The molecule has 6 unspecified atom stereocenters. The van der Waals surface area contributed by atoms with Gasteiger partial charge in [0, 0.05) is 30.6 Å². The predicted molar refractivity (Wildman–Crippen MR) is 181 cm³/mol. The van der Waals surface area contributed by atoms with Gasteiger partial charge < -0.3 is 40.4 Å². The van der Waals surface area contributed by atoms with Crippen molar-refractivity contribution in [2.75, 3.05) is 7.11 Å². The molecule has 0 aromatic carbocycles. The lowest BCUT2D eigenvalue weighted by Gasteiger charge is -2.30. The van der Waals surface area contributed by atoms with Crippen LogP contribution in [0.4, 0.5) is 4.79 Å². The second kappa shape index (κ2) is 22.4. The molecule has 9 atom stereocenters. The molecule has 0 aliphatic heterocycles. The summed E-state index contributed by atoms with van der Waals surface area (Å²) < 4.78 is 15.5. The van der Waals surface area contributed by atoms with Gasteiger partial charge in [-0.05, 0) is 44.8 Å². The van der Waals surface area contributed by atoms with Gasteiger partial charge in [0.25, 0.3) is 0 Å². The molecule has 268 valence electrons. The highest BCUT2D eigenvalue weighted by molar-refractivity contribution is 6.30. The minimum atomic E-state index is -1.65. The minimum absolute atomic E-state index is 0.0406. The summed E-state index contributed by atoms with van der Waals surface area (Å²) >= 11 is 12.7. The first-order valence-corrected chi connectivity index (χ1v) is 16.3. The average molecular weight is 717 g/mol. The molecular formula is C34H47Cl2NO11. The Bertz CT molecular complexity index is 1260. The summed E-state index contributed by atoms with van der Waals surface area (Å²) in [5, 5.41) is 39.5. The fraction of sp³-hybridized carbons (Fsp3) is 0.529. The van der Waals surface area contributed by atoms with Crippen molar-refractivity contribution in [1.82, 2.24) is 0 Å². The molecule has 48 heavy (non-hydrogen) atoms. The highest BCUT2D eigenvalue weighted by Gasteiger charge is 2.36. The van der Waals surface area contributed by atoms with E-state index in [1.54, 1.807) is 49.5 Å². The Hall–Kier alpha value is -3.26. The normalized spacial score (nSPS) is 23.2. The van der Waals surface area contributed by atoms with Gasteiger partial charge in [0.2, 0.25) is 0 Å². The number of methoxy groups -OCH3 is 1. The number of hydrogen-bond acceptors (Lipinski definition) is 10. The summed E-state index contributed by atoms with van der Waals surface area (Å²) in [6.45, 7) is 5.32. The first-order valence-electron chi connectivity index (χ1n) is 15.5. The van der Waals surface area contributed by atoms with Crippen molar-refractivity contribution in [2.24, 2.45) is 17.6 Å². The molecule has 1 saturated carbocycles. The van der Waals surface area contributed by atoms with Gasteiger partial charge in [-0.2, -0.15) is 0 Å². The van der Waals surface area contributed by atoms with Crippen molar-refractivity contribution in [2.45, 2.75) is 94.9 Å². The fourth-order valence-electron chi connectivity index (χ4n) is 4.79. The minimum Gasteiger partial charge on any atom is -0.481 e. The van der Waals surface area contributed by atoms with Crippen LogP contribution in [-0.2, 0) is 28.6 Å². The van der Waals surface area contributed by atoms with Gasteiger partial charge in [-0.25, -0.2) is 9.59 Å². The van der Waals surface area contributed by atoms with E-state index in [4.69, 9.17) is 48.3 Å². The van der Waals surface area contributed by atoms with Crippen molar-refractivity contribution in [3.05, 3.63) is 71.4 Å². The Labute approximate surface area is 291 Å². The van der Waals surface area contributed by atoms with Gasteiger partial charge >= 0.3 is 18.0 Å². The summed E-state index contributed by atoms with van der Waals surface area (Å²) in [4.78, 5) is 47.2. The number of rotatable bonds is 19. The van der Waals surface area contributed by atoms with E-state index in [0.29, 0.717) is 12.8 Å². The van der Waals surface area contributed by atoms with Gasteiger partial charge in [0.15, 0.2) is 5.78 Å². The highest BCUT2D eigenvalue weighted by atomic mass is 35.5. The maximum Gasteiger partial charge on any atom is 0.405 e. The van der Waals surface area contributed by atoms with Crippen molar-refractivity contribution < 1.29 is 53.8 Å². The number of Topliss-reactive ketones (excluding diaryl/α,β-unsaturated/α-hetero) is 1. The molecular weight excluding hydrogens is 669 g/mol. The Morgan fingerprint density at radius 1 is 1.04 bits per heavy atom. The number of carbonyl (C=O) groups excluding carboxylic acids is 3. The Balaban J connectivity index is 2.70. The van der Waals surface area contributed by atoms with E-state index in [0.717, 1.165) is 5.57 Å². The predicted octanol–water partition coefficient (Wildman–Crippen LogP) is 4.25. The van der Waals surface area contributed by atoms with Gasteiger partial charge in [-0.1, -0.05) is 73.6 Å².